The van der Waals surface area contributed by atoms with Gasteiger partial charge >= 0.3 is 0 Å². The van der Waals surface area contributed by atoms with Crippen molar-refractivity contribution in [2.45, 2.75) is 6.92 Å². The fourth-order valence-electron chi connectivity index (χ4n) is 2.45. The molecule has 1 aromatic carbocycles. The van der Waals surface area contributed by atoms with Crippen molar-refractivity contribution >= 4 is 17.2 Å². The van der Waals surface area contributed by atoms with E-state index in [1.807, 2.05) is 30.6 Å². The quantitative estimate of drug-likeness (QED) is 0.764. The number of hydrogen-bond donors (Lipinski definition) is 2. The maximum atomic E-state index is 11.9. The molecule has 1 amide bonds. The van der Waals surface area contributed by atoms with Crippen molar-refractivity contribution in [3.8, 4) is 27.9 Å². The Morgan fingerprint density at radius 1 is 1.38 bits per heavy atom. The molecule has 120 valence electrons. The van der Waals surface area contributed by atoms with E-state index in [0.29, 0.717) is 17.8 Å². The van der Waals surface area contributed by atoms with Crippen molar-refractivity contribution in [1.82, 2.24) is 9.88 Å². The number of nitrogens with one attached hydrogen (secondary N) is 1. The van der Waals surface area contributed by atoms with E-state index in [2.05, 4.69) is 11.4 Å². The largest absolute Gasteiger partial charge is 0.507 e. The van der Waals surface area contributed by atoms with Gasteiger partial charge in [-0.3, -0.25) is 4.79 Å². The van der Waals surface area contributed by atoms with Crippen LogP contribution < -0.4 is 5.32 Å². The van der Waals surface area contributed by atoms with Gasteiger partial charge in [0.05, 0.1) is 11.1 Å². The zero-order valence-electron chi connectivity index (χ0n) is 13.0. The van der Waals surface area contributed by atoms with Gasteiger partial charge in [0, 0.05) is 41.1 Å². The highest BCUT2D eigenvalue weighted by atomic mass is 32.1. The molecular weight excluding hydrogens is 322 g/mol. The highest BCUT2D eigenvalue weighted by Gasteiger charge is 2.14. The van der Waals surface area contributed by atoms with Crippen LogP contribution in [-0.2, 0) is 0 Å². The number of rotatable bonds is 4. The number of hydrogen-bond acceptors (Lipinski definition) is 4. The normalized spacial score (nSPS) is 10.3. The molecule has 2 aromatic heterocycles. The van der Waals surface area contributed by atoms with Crippen LogP contribution in [0.15, 0.2) is 48.1 Å². The summed E-state index contributed by atoms with van der Waals surface area (Å²) in [6, 6.07) is 10.9. The third-order valence-corrected chi connectivity index (χ3v) is 4.50. The van der Waals surface area contributed by atoms with Crippen molar-refractivity contribution in [3.63, 3.8) is 0 Å². The number of carbonyl (C=O) groups is 1. The van der Waals surface area contributed by atoms with Crippen LogP contribution in [0.4, 0.5) is 0 Å². The third-order valence-electron chi connectivity index (χ3n) is 3.60. The van der Waals surface area contributed by atoms with Gasteiger partial charge in [-0.05, 0) is 30.5 Å². The standard InChI is InChI=1S/C18H15N3O2S/c1-2-20-18(23)14-6-5-13(8-16(14)22)21-10-12(9-19)15(11-21)17-4-3-7-24-17/h3-8,10-11,22H,2H2,1H3,(H,20,23). The summed E-state index contributed by atoms with van der Waals surface area (Å²) in [6.45, 7) is 2.31. The smallest absolute Gasteiger partial charge is 0.255 e. The second-order valence-corrected chi connectivity index (χ2v) is 6.09. The Morgan fingerprint density at radius 2 is 2.21 bits per heavy atom. The lowest BCUT2D eigenvalue weighted by molar-refractivity contribution is 0.0953. The van der Waals surface area contributed by atoms with Crippen LogP contribution in [0.3, 0.4) is 0 Å². The monoisotopic (exact) mass is 337 g/mol. The molecule has 0 radical (unpaired) electrons. The van der Waals surface area contributed by atoms with Crippen molar-refractivity contribution < 1.29 is 9.90 Å². The van der Waals surface area contributed by atoms with E-state index in [0.717, 1.165) is 10.4 Å². The molecule has 3 aromatic rings. The van der Waals surface area contributed by atoms with Crippen molar-refractivity contribution in [2.24, 2.45) is 0 Å². The summed E-state index contributed by atoms with van der Waals surface area (Å²) in [7, 11) is 0. The number of phenolic OH excluding ortho intramolecular Hbond substituents is 1. The van der Waals surface area contributed by atoms with Crippen LogP contribution in [-0.4, -0.2) is 22.1 Å². The van der Waals surface area contributed by atoms with Gasteiger partial charge in [-0.1, -0.05) is 6.07 Å². The molecule has 0 aliphatic carbocycles. The van der Waals surface area contributed by atoms with Crippen LogP contribution in [0.25, 0.3) is 16.1 Å². The molecule has 0 aliphatic heterocycles. The van der Waals surface area contributed by atoms with E-state index in [1.165, 1.54) is 6.07 Å². The Bertz CT molecular complexity index is 920. The Balaban J connectivity index is 2.00. The Labute approximate surface area is 143 Å². The molecule has 0 aliphatic rings. The molecule has 0 bridgehead atoms. The summed E-state index contributed by atoms with van der Waals surface area (Å²) < 4.78 is 1.77. The lowest BCUT2D eigenvalue weighted by Crippen LogP contribution is -2.22. The van der Waals surface area contributed by atoms with E-state index in [4.69, 9.17) is 0 Å². The number of carbonyl (C=O) groups excluding carboxylic acids is 1. The Hall–Kier alpha value is -3.04. The average molecular weight is 337 g/mol. The highest BCUT2D eigenvalue weighted by Crippen LogP contribution is 2.30. The van der Waals surface area contributed by atoms with E-state index in [-0.39, 0.29) is 17.2 Å². The van der Waals surface area contributed by atoms with Crippen LogP contribution in [0.2, 0.25) is 0 Å². The molecule has 0 saturated heterocycles. The lowest BCUT2D eigenvalue weighted by atomic mass is 10.1. The van der Waals surface area contributed by atoms with Gasteiger partial charge < -0.3 is 15.0 Å². The molecular formula is C18H15N3O2S. The molecule has 5 nitrogen and oxygen atoms in total. The number of amides is 1. The first-order chi connectivity index (χ1) is 11.6. The second kappa shape index (κ2) is 6.60. The lowest BCUT2D eigenvalue weighted by Gasteiger charge is -2.08. The molecule has 6 heteroatoms. The van der Waals surface area contributed by atoms with Crippen molar-refractivity contribution in [1.29, 1.82) is 5.26 Å². The van der Waals surface area contributed by atoms with E-state index in [1.54, 1.807) is 34.2 Å². The number of benzene rings is 1. The Kier molecular flexibility index (Phi) is 4.36. The van der Waals surface area contributed by atoms with Crippen LogP contribution in [0.5, 0.6) is 5.75 Å². The number of aromatic hydroxyl groups is 1. The van der Waals surface area contributed by atoms with Gasteiger partial charge in [0.1, 0.15) is 11.8 Å². The first-order valence-electron chi connectivity index (χ1n) is 7.41. The topological polar surface area (TPSA) is 78.0 Å². The van der Waals surface area contributed by atoms with Gasteiger partial charge in [0.2, 0.25) is 0 Å². The number of aromatic nitrogens is 1. The van der Waals surface area contributed by atoms with Gasteiger partial charge in [-0.15, -0.1) is 11.3 Å². The molecule has 2 N–H and O–H groups in total. The van der Waals surface area contributed by atoms with Crippen LogP contribution in [0.1, 0.15) is 22.8 Å². The number of nitriles is 1. The minimum Gasteiger partial charge on any atom is -0.507 e. The summed E-state index contributed by atoms with van der Waals surface area (Å²) in [5, 5.41) is 24.1. The maximum absolute atomic E-state index is 11.9. The average Bonchev–Trinajstić information content (AvgIpc) is 3.23. The van der Waals surface area contributed by atoms with Crippen molar-refractivity contribution in [2.75, 3.05) is 6.54 Å². The summed E-state index contributed by atoms with van der Waals surface area (Å²) >= 11 is 1.56. The minimum atomic E-state index is -0.314. The zero-order valence-corrected chi connectivity index (χ0v) is 13.8. The number of thiophene rings is 1. The molecule has 0 fully saturated rings. The van der Waals surface area contributed by atoms with Gasteiger partial charge in [-0.25, -0.2) is 0 Å². The molecule has 24 heavy (non-hydrogen) atoms. The molecule has 2 heterocycles. The summed E-state index contributed by atoms with van der Waals surface area (Å²) in [4.78, 5) is 12.9. The van der Waals surface area contributed by atoms with Crippen LogP contribution >= 0.6 is 11.3 Å². The van der Waals surface area contributed by atoms with Gasteiger partial charge in [0.25, 0.3) is 5.91 Å². The fraction of sp³-hybridized carbons (Fsp3) is 0.111. The van der Waals surface area contributed by atoms with E-state index < -0.39 is 0 Å². The second-order valence-electron chi connectivity index (χ2n) is 5.14. The predicted octanol–water partition coefficient (Wildman–Crippen LogP) is 3.53. The summed E-state index contributed by atoms with van der Waals surface area (Å²) in [5.74, 6) is -0.408. The Morgan fingerprint density at radius 3 is 2.83 bits per heavy atom. The molecule has 0 spiro atoms. The molecule has 0 saturated carbocycles. The van der Waals surface area contributed by atoms with Crippen molar-refractivity contribution in [3.05, 3.63) is 59.2 Å². The molecule has 0 unspecified atom stereocenters. The van der Waals surface area contributed by atoms with E-state index >= 15 is 0 Å². The SMILES string of the molecule is CCNC(=O)c1ccc(-n2cc(C#N)c(-c3cccs3)c2)cc1O. The summed E-state index contributed by atoms with van der Waals surface area (Å²) in [6.07, 6.45) is 3.57. The maximum Gasteiger partial charge on any atom is 0.255 e. The third kappa shape index (κ3) is 2.90. The summed E-state index contributed by atoms with van der Waals surface area (Å²) in [5.41, 5.74) is 2.32. The van der Waals surface area contributed by atoms with Gasteiger partial charge in [0.15, 0.2) is 0 Å². The number of phenols is 1. The van der Waals surface area contributed by atoms with Crippen LogP contribution in [0, 0.1) is 11.3 Å². The molecule has 3 rings (SSSR count). The minimum absolute atomic E-state index is 0.0941. The fourth-order valence-corrected chi connectivity index (χ4v) is 3.20. The van der Waals surface area contributed by atoms with Gasteiger partial charge in [-0.2, -0.15) is 5.26 Å². The van der Waals surface area contributed by atoms with E-state index in [9.17, 15) is 15.2 Å². The molecule has 0 atom stereocenters. The first-order valence-corrected chi connectivity index (χ1v) is 8.29. The highest BCUT2D eigenvalue weighted by molar-refractivity contribution is 7.13. The number of nitrogens with zero attached hydrogens (tertiary/aromatic N) is 2. The first kappa shape index (κ1) is 15.8. The zero-order chi connectivity index (χ0) is 17.1. The predicted molar refractivity (Wildman–Crippen MR) is 93.5 cm³/mol.